The summed E-state index contributed by atoms with van der Waals surface area (Å²) in [6.07, 6.45) is 0. The topological polar surface area (TPSA) is 70.0 Å². The molecule has 2 rings (SSSR count). The number of nitrogens with one attached hydrogen (secondary N) is 1. The second kappa shape index (κ2) is 5.72. The van der Waals surface area contributed by atoms with E-state index in [0.29, 0.717) is 11.1 Å². The molecule has 1 N–H and O–H groups in total. The smallest absolute Gasteiger partial charge is 0.262 e. The molecule has 7 heteroatoms. The standard InChI is InChI=1S/C14H10ClFN2O2S/c1-9-2-4-11(16)7-14(9)21(19,20)18-13-5-3-10(8-17)6-12(13)15/h2-7,18H,1H3. The molecule has 4 nitrogen and oxygen atoms in total. The van der Waals surface area contributed by atoms with Gasteiger partial charge in [0.05, 0.1) is 27.2 Å². The molecule has 2 aromatic rings. The van der Waals surface area contributed by atoms with Crippen molar-refractivity contribution in [3.8, 4) is 6.07 Å². The third kappa shape index (κ3) is 3.32. The van der Waals surface area contributed by atoms with Crippen LogP contribution in [-0.4, -0.2) is 8.42 Å². The van der Waals surface area contributed by atoms with Gasteiger partial charge in [-0.1, -0.05) is 17.7 Å². The van der Waals surface area contributed by atoms with Crippen LogP contribution in [0.3, 0.4) is 0 Å². The number of hydrogen-bond donors (Lipinski definition) is 1. The van der Waals surface area contributed by atoms with E-state index in [0.717, 1.165) is 6.07 Å². The summed E-state index contributed by atoms with van der Waals surface area (Å²) in [5, 5.41) is 8.83. The summed E-state index contributed by atoms with van der Waals surface area (Å²) in [4.78, 5) is -0.164. The van der Waals surface area contributed by atoms with Gasteiger partial charge >= 0.3 is 0 Å². The maximum absolute atomic E-state index is 13.2. The van der Waals surface area contributed by atoms with Crippen LogP contribution in [0.5, 0.6) is 0 Å². The van der Waals surface area contributed by atoms with Crippen LogP contribution >= 0.6 is 11.6 Å². The van der Waals surface area contributed by atoms with Gasteiger partial charge in [-0.25, -0.2) is 12.8 Å². The molecule has 0 atom stereocenters. The third-order valence-electron chi connectivity index (χ3n) is 2.78. The van der Waals surface area contributed by atoms with E-state index in [4.69, 9.17) is 16.9 Å². The van der Waals surface area contributed by atoms with Gasteiger partial charge in [-0.3, -0.25) is 4.72 Å². The monoisotopic (exact) mass is 324 g/mol. The normalized spacial score (nSPS) is 11.0. The molecule has 0 bridgehead atoms. The quantitative estimate of drug-likeness (QED) is 0.940. The van der Waals surface area contributed by atoms with Crippen LogP contribution in [0.4, 0.5) is 10.1 Å². The number of hydrogen-bond acceptors (Lipinski definition) is 3. The van der Waals surface area contributed by atoms with Gasteiger partial charge in [-0.05, 0) is 42.8 Å². The highest BCUT2D eigenvalue weighted by Gasteiger charge is 2.19. The predicted molar refractivity (Wildman–Crippen MR) is 78.1 cm³/mol. The summed E-state index contributed by atoms with van der Waals surface area (Å²) >= 11 is 5.92. The minimum absolute atomic E-state index is 0.0895. The Labute approximate surface area is 126 Å². The first-order valence-electron chi connectivity index (χ1n) is 5.82. The van der Waals surface area contributed by atoms with Crippen molar-refractivity contribution in [3.63, 3.8) is 0 Å². The molecule has 0 unspecified atom stereocenters. The van der Waals surface area contributed by atoms with E-state index < -0.39 is 15.8 Å². The molecule has 0 aromatic heterocycles. The van der Waals surface area contributed by atoms with Crippen LogP contribution in [0.2, 0.25) is 5.02 Å². The third-order valence-corrected chi connectivity index (χ3v) is 4.60. The molecule has 0 spiro atoms. The van der Waals surface area contributed by atoms with Gasteiger partial charge in [0.2, 0.25) is 0 Å². The second-order valence-corrected chi connectivity index (χ2v) is 6.38. The summed E-state index contributed by atoms with van der Waals surface area (Å²) in [7, 11) is -3.97. The number of nitrogens with zero attached hydrogens (tertiary/aromatic N) is 1. The average molecular weight is 325 g/mol. The summed E-state index contributed by atoms with van der Waals surface area (Å²) in [6, 6.07) is 9.56. The minimum Gasteiger partial charge on any atom is -0.278 e. The zero-order valence-corrected chi connectivity index (χ0v) is 12.5. The molecule has 0 heterocycles. The summed E-state index contributed by atoms with van der Waals surface area (Å²) in [5.41, 5.74) is 0.845. The van der Waals surface area contributed by atoms with Crippen LogP contribution in [0.1, 0.15) is 11.1 Å². The van der Waals surface area contributed by atoms with Crippen molar-refractivity contribution < 1.29 is 12.8 Å². The Bertz CT molecular complexity index is 845. The number of rotatable bonds is 3. The molecule has 0 aliphatic carbocycles. The molecular weight excluding hydrogens is 315 g/mol. The number of aryl methyl sites for hydroxylation is 1. The highest BCUT2D eigenvalue weighted by atomic mass is 35.5. The molecule has 108 valence electrons. The van der Waals surface area contributed by atoms with Crippen LogP contribution < -0.4 is 4.72 Å². The Balaban J connectivity index is 2.43. The molecular formula is C14H10ClFN2O2S. The van der Waals surface area contributed by atoms with E-state index in [1.807, 2.05) is 6.07 Å². The van der Waals surface area contributed by atoms with Crippen LogP contribution in [0, 0.1) is 24.1 Å². The predicted octanol–water partition coefficient (Wildman–Crippen LogP) is 3.46. The maximum Gasteiger partial charge on any atom is 0.262 e. The van der Waals surface area contributed by atoms with Gasteiger partial charge in [-0.2, -0.15) is 5.26 Å². The fourth-order valence-electron chi connectivity index (χ4n) is 1.73. The van der Waals surface area contributed by atoms with E-state index in [9.17, 15) is 12.8 Å². The molecule has 0 saturated carbocycles. The van der Waals surface area contributed by atoms with Crippen molar-refractivity contribution in [2.45, 2.75) is 11.8 Å². The summed E-state index contributed by atoms with van der Waals surface area (Å²) in [5.74, 6) is -0.646. The minimum atomic E-state index is -3.97. The Morgan fingerprint density at radius 3 is 2.57 bits per heavy atom. The Morgan fingerprint density at radius 2 is 1.95 bits per heavy atom. The van der Waals surface area contributed by atoms with E-state index in [2.05, 4.69) is 4.72 Å². The molecule has 0 fully saturated rings. The number of nitriles is 1. The SMILES string of the molecule is Cc1ccc(F)cc1S(=O)(=O)Nc1ccc(C#N)cc1Cl. The van der Waals surface area contributed by atoms with Crippen LogP contribution in [-0.2, 0) is 10.0 Å². The first-order valence-corrected chi connectivity index (χ1v) is 7.68. The van der Waals surface area contributed by atoms with E-state index in [-0.39, 0.29) is 15.6 Å². The first kappa shape index (κ1) is 15.3. The van der Waals surface area contributed by atoms with Gasteiger partial charge in [0.1, 0.15) is 5.82 Å². The van der Waals surface area contributed by atoms with Gasteiger partial charge in [0.25, 0.3) is 10.0 Å². The van der Waals surface area contributed by atoms with Gasteiger partial charge in [0.15, 0.2) is 0 Å². The highest BCUT2D eigenvalue weighted by molar-refractivity contribution is 7.92. The van der Waals surface area contributed by atoms with E-state index >= 15 is 0 Å². The Hall–Kier alpha value is -2.10. The van der Waals surface area contributed by atoms with Crippen molar-refractivity contribution in [2.24, 2.45) is 0 Å². The molecule has 0 aliphatic rings. The zero-order chi connectivity index (χ0) is 15.6. The lowest BCUT2D eigenvalue weighted by atomic mass is 10.2. The van der Waals surface area contributed by atoms with E-state index in [1.165, 1.54) is 30.3 Å². The fourth-order valence-corrected chi connectivity index (χ4v) is 3.35. The maximum atomic E-state index is 13.2. The number of halogens is 2. The molecule has 0 saturated heterocycles. The zero-order valence-electron chi connectivity index (χ0n) is 10.9. The summed E-state index contributed by atoms with van der Waals surface area (Å²) in [6.45, 7) is 1.56. The molecule has 2 aromatic carbocycles. The fraction of sp³-hybridized carbons (Fsp3) is 0.0714. The van der Waals surface area contributed by atoms with Crippen LogP contribution in [0.25, 0.3) is 0 Å². The lowest BCUT2D eigenvalue weighted by Crippen LogP contribution is -2.15. The Morgan fingerprint density at radius 1 is 1.24 bits per heavy atom. The summed E-state index contributed by atoms with van der Waals surface area (Å²) < 4.78 is 40.1. The van der Waals surface area contributed by atoms with Gasteiger partial charge in [-0.15, -0.1) is 0 Å². The number of anilines is 1. The van der Waals surface area contributed by atoms with E-state index in [1.54, 1.807) is 6.92 Å². The van der Waals surface area contributed by atoms with Crippen molar-refractivity contribution in [1.82, 2.24) is 0 Å². The number of benzene rings is 2. The highest BCUT2D eigenvalue weighted by Crippen LogP contribution is 2.26. The molecule has 21 heavy (non-hydrogen) atoms. The molecule has 0 aliphatic heterocycles. The van der Waals surface area contributed by atoms with Crippen molar-refractivity contribution in [2.75, 3.05) is 4.72 Å². The Kier molecular flexibility index (Phi) is 4.16. The molecule has 0 amide bonds. The van der Waals surface area contributed by atoms with Gasteiger partial charge < -0.3 is 0 Å². The first-order chi connectivity index (χ1) is 9.83. The largest absolute Gasteiger partial charge is 0.278 e. The van der Waals surface area contributed by atoms with Gasteiger partial charge in [0, 0.05) is 0 Å². The van der Waals surface area contributed by atoms with Crippen molar-refractivity contribution in [3.05, 3.63) is 58.4 Å². The van der Waals surface area contributed by atoms with Crippen molar-refractivity contribution in [1.29, 1.82) is 5.26 Å². The lowest BCUT2D eigenvalue weighted by Gasteiger charge is -2.11. The van der Waals surface area contributed by atoms with Crippen LogP contribution in [0.15, 0.2) is 41.3 Å². The lowest BCUT2D eigenvalue weighted by molar-refractivity contribution is 0.594. The number of sulfonamides is 1. The average Bonchev–Trinajstić information content (AvgIpc) is 2.43. The second-order valence-electron chi connectivity index (χ2n) is 4.32. The van der Waals surface area contributed by atoms with Crippen molar-refractivity contribution >= 4 is 27.3 Å². The molecule has 0 radical (unpaired) electrons.